The van der Waals surface area contributed by atoms with Crippen LogP contribution in [0.15, 0.2) is 47.0 Å². The molecule has 0 saturated carbocycles. The lowest BCUT2D eigenvalue weighted by Gasteiger charge is -2.36. The molecule has 22 heavy (non-hydrogen) atoms. The van der Waals surface area contributed by atoms with Crippen LogP contribution in [0.4, 0.5) is 5.00 Å². The number of fused-ring (bicyclic) bond motifs is 1. The summed E-state index contributed by atoms with van der Waals surface area (Å²) in [5, 5.41) is 14.5. The molecule has 1 N–H and O–H groups in total. The molecule has 3 aliphatic rings. The maximum atomic E-state index is 11.0. The van der Waals surface area contributed by atoms with Crippen LogP contribution in [-0.4, -0.2) is 24.7 Å². The standard InChI is InChI=1S/C15H14N2O4S/c18-17(19)14-2-1-13(22-14)15-9-3-5-20-7-11(9)16-12-8-21-6-4-10(12)15/h1-3,7,15-16H,4-6,8H2. The van der Waals surface area contributed by atoms with Crippen LogP contribution < -0.4 is 5.32 Å². The van der Waals surface area contributed by atoms with Crippen LogP contribution in [0.5, 0.6) is 0 Å². The highest BCUT2D eigenvalue weighted by molar-refractivity contribution is 7.15. The van der Waals surface area contributed by atoms with Crippen LogP contribution in [0.3, 0.4) is 0 Å². The maximum Gasteiger partial charge on any atom is 0.324 e. The number of nitrogens with zero attached hydrogens (tertiary/aromatic N) is 1. The summed E-state index contributed by atoms with van der Waals surface area (Å²) in [6.45, 7) is 1.76. The second kappa shape index (κ2) is 5.26. The van der Waals surface area contributed by atoms with Crippen molar-refractivity contribution in [3.8, 4) is 0 Å². The van der Waals surface area contributed by atoms with E-state index >= 15 is 0 Å². The number of nitro groups is 1. The molecule has 1 atom stereocenters. The first-order valence-corrected chi connectivity index (χ1v) is 7.88. The zero-order chi connectivity index (χ0) is 15.1. The molecule has 3 aliphatic heterocycles. The van der Waals surface area contributed by atoms with E-state index < -0.39 is 0 Å². The third-order valence-corrected chi connectivity index (χ3v) is 5.19. The summed E-state index contributed by atoms with van der Waals surface area (Å²) in [7, 11) is 0. The Morgan fingerprint density at radius 2 is 2.32 bits per heavy atom. The van der Waals surface area contributed by atoms with Gasteiger partial charge in [0, 0.05) is 22.6 Å². The quantitative estimate of drug-likeness (QED) is 0.670. The number of hydrogen-bond acceptors (Lipinski definition) is 6. The second-order valence-electron chi connectivity index (χ2n) is 5.32. The highest BCUT2D eigenvalue weighted by atomic mass is 32.1. The van der Waals surface area contributed by atoms with E-state index in [4.69, 9.17) is 9.47 Å². The van der Waals surface area contributed by atoms with E-state index in [1.807, 2.05) is 6.07 Å². The largest absolute Gasteiger partial charge is 0.495 e. The Morgan fingerprint density at radius 1 is 1.41 bits per heavy atom. The molecule has 0 amide bonds. The van der Waals surface area contributed by atoms with Crippen LogP contribution in [0.25, 0.3) is 0 Å². The predicted molar refractivity (Wildman–Crippen MR) is 81.4 cm³/mol. The number of nitrogens with one attached hydrogen (secondary N) is 1. The fourth-order valence-electron chi connectivity index (χ4n) is 3.13. The van der Waals surface area contributed by atoms with Crippen molar-refractivity contribution in [2.24, 2.45) is 0 Å². The van der Waals surface area contributed by atoms with Crippen LogP contribution in [-0.2, 0) is 9.47 Å². The van der Waals surface area contributed by atoms with Crippen LogP contribution >= 0.6 is 11.3 Å². The predicted octanol–water partition coefficient (Wildman–Crippen LogP) is 2.82. The Balaban J connectivity index is 1.83. The molecule has 7 heteroatoms. The summed E-state index contributed by atoms with van der Waals surface area (Å²) >= 11 is 1.25. The topological polar surface area (TPSA) is 73.6 Å². The molecule has 0 bridgehead atoms. The summed E-state index contributed by atoms with van der Waals surface area (Å²) in [6.07, 6.45) is 4.62. The van der Waals surface area contributed by atoms with Gasteiger partial charge < -0.3 is 14.8 Å². The van der Waals surface area contributed by atoms with Gasteiger partial charge in [0.05, 0.1) is 23.8 Å². The summed E-state index contributed by atoms with van der Waals surface area (Å²) < 4.78 is 10.9. The zero-order valence-corrected chi connectivity index (χ0v) is 12.5. The fraction of sp³-hybridized carbons (Fsp3) is 0.333. The monoisotopic (exact) mass is 318 g/mol. The van der Waals surface area contributed by atoms with Gasteiger partial charge in [-0.25, -0.2) is 0 Å². The molecule has 6 nitrogen and oxygen atoms in total. The van der Waals surface area contributed by atoms with Crippen molar-refractivity contribution >= 4 is 16.3 Å². The summed E-state index contributed by atoms with van der Waals surface area (Å²) in [6, 6.07) is 3.46. The van der Waals surface area contributed by atoms with Crippen molar-refractivity contribution in [3.63, 3.8) is 0 Å². The van der Waals surface area contributed by atoms with Gasteiger partial charge in [0.25, 0.3) is 0 Å². The second-order valence-corrected chi connectivity index (χ2v) is 6.42. The maximum absolute atomic E-state index is 11.0. The van der Waals surface area contributed by atoms with Crippen molar-refractivity contribution in [3.05, 3.63) is 62.0 Å². The SMILES string of the molecule is O=[N+]([O-])c1ccc(C2C3=CCOC=C3NC3=C2CCOC3)s1. The molecule has 1 aromatic rings. The molecule has 0 spiro atoms. The molecule has 1 unspecified atom stereocenters. The van der Waals surface area contributed by atoms with E-state index in [1.165, 1.54) is 16.9 Å². The number of rotatable bonds is 2. The van der Waals surface area contributed by atoms with Crippen molar-refractivity contribution in [1.82, 2.24) is 5.32 Å². The Bertz CT molecular complexity index is 732. The molecule has 0 aliphatic carbocycles. The highest BCUT2D eigenvalue weighted by Crippen LogP contribution is 2.46. The van der Waals surface area contributed by atoms with E-state index in [1.54, 1.807) is 12.3 Å². The van der Waals surface area contributed by atoms with Gasteiger partial charge >= 0.3 is 5.00 Å². The first-order chi connectivity index (χ1) is 10.7. The molecule has 4 rings (SSSR count). The van der Waals surface area contributed by atoms with E-state index in [0.29, 0.717) is 19.8 Å². The van der Waals surface area contributed by atoms with Gasteiger partial charge in [-0.2, -0.15) is 0 Å². The molecule has 0 aromatic carbocycles. The number of allylic oxidation sites excluding steroid dienone is 1. The van der Waals surface area contributed by atoms with Gasteiger partial charge in [-0.1, -0.05) is 11.3 Å². The third-order valence-electron chi connectivity index (χ3n) is 4.08. The smallest absolute Gasteiger partial charge is 0.324 e. The third kappa shape index (κ3) is 2.13. The van der Waals surface area contributed by atoms with E-state index in [-0.39, 0.29) is 15.8 Å². The van der Waals surface area contributed by atoms with E-state index in [0.717, 1.165) is 28.3 Å². The molecular formula is C15H14N2O4S. The van der Waals surface area contributed by atoms with Gasteiger partial charge in [0.2, 0.25) is 0 Å². The minimum absolute atomic E-state index is 0.0639. The van der Waals surface area contributed by atoms with Crippen LogP contribution in [0.2, 0.25) is 0 Å². The lowest BCUT2D eigenvalue weighted by molar-refractivity contribution is -0.380. The van der Waals surface area contributed by atoms with Crippen molar-refractivity contribution in [2.75, 3.05) is 19.8 Å². The van der Waals surface area contributed by atoms with Crippen LogP contribution in [0.1, 0.15) is 17.2 Å². The average Bonchev–Trinajstić information content (AvgIpc) is 3.02. The fourth-order valence-corrected chi connectivity index (χ4v) is 4.10. The number of ether oxygens (including phenoxy) is 2. The number of hydrogen-bond donors (Lipinski definition) is 1. The molecule has 0 fully saturated rings. The lowest BCUT2D eigenvalue weighted by Crippen LogP contribution is -2.33. The van der Waals surface area contributed by atoms with Gasteiger partial charge in [-0.05, 0) is 29.7 Å². The number of thiophene rings is 1. The lowest BCUT2D eigenvalue weighted by atomic mass is 9.81. The van der Waals surface area contributed by atoms with Crippen molar-refractivity contribution in [1.29, 1.82) is 0 Å². The first-order valence-electron chi connectivity index (χ1n) is 7.07. The Morgan fingerprint density at radius 3 is 3.14 bits per heavy atom. The van der Waals surface area contributed by atoms with Gasteiger partial charge in [-0.3, -0.25) is 10.1 Å². The molecule has 114 valence electrons. The molecular weight excluding hydrogens is 304 g/mol. The normalized spacial score (nSPS) is 23.5. The Labute approximate surface area is 130 Å². The minimum atomic E-state index is -0.330. The molecule has 0 radical (unpaired) electrons. The van der Waals surface area contributed by atoms with E-state index in [9.17, 15) is 10.1 Å². The highest BCUT2D eigenvalue weighted by Gasteiger charge is 2.35. The average molecular weight is 318 g/mol. The Kier molecular flexibility index (Phi) is 3.24. The van der Waals surface area contributed by atoms with Gasteiger partial charge in [0.1, 0.15) is 12.9 Å². The van der Waals surface area contributed by atoms with Crippen molar-refractivity contribution < 1.29 is 14.4 Å². The first kappa shape index (κ1) is 13.5. The molecule has 1 aromatic heterocycles. The molecule has 4 heterocycles. The van der Waals surface area contributed by atoms with Gasteiger partial charge in [-0.15, -0.1) is 0 Å². The zero-order valence-electron chi connectivity index (χ0n) is 11.7. The summed E-state index contributed by atoms with van der Waals surface area (Å²) in [4.78, 5) is 11.7. The van der Waals surface area contributed by atoms with Crippen LogP contribution in [0, 0.1) is 10.1 Å². The Hall–Kier alpha value is -2.12. The molecule has 0 saturated heterocycles. The summed E-state index contributed by atoms with van der Waals surface area (Å²) in [5.74, 6) is 0.0639. The van der Waals surface area contributed by atoms with E-state index in [2.05, 4.69) is 11.4 Å². The summed E-state index contributed by atoms with van der Waals surface area (Å²) in [5.41, 5.74) is 4.40. The van der Waals surface area contributed by atoms with Crippen molar-refractivity contribution in [2.45, 2.75) is 12.3 Å². The van der Waals surface area contributed by atoms with Gasteiger partial charge in [0.15, 0.2) is 0 Å². The minimum Gasteiger partial charge on any atom is -0.495 e.